The number of hydrogen-bond acceptors (Lipinski definition) is 12. The molecule has 11 nitrogen and oxygen atoms in total. The van der Waals surface area contributed by atoms with Crippen molar-refractivity contribution in [1.82, 2.24) is 20.3 Å². The molecule has 1 fully saturated rings. The van der Waals surface area contributed by atoms with Crippen LogP contribution in [0.1, 0.15) is 52.4 Å². The summed E-state index contributed by atoms with van der Waals surface area (Å²) in [7, 11) is 2.70. The third-order valence-corrected chi connectivity index (χ3v) is 8.19. The van der Waals surface area contributed by atoms with Crippen molar-refractivity contribution in [3.8, 4) is 5.75 Å². The summed E-state index contributed by atoms with van der Waals surface area (Å²) in [5.74, 6) is -2.39. The van der Waals surface area contributed by atoms with E-state index < -0.39 is 29.6 Å². The van der Waals surface area contributed by atoms with Gasteiger partial charge in [-0.1, -0.05) is 6.07 Å². The first kappa shape index (κ1) is 30.0. The van der Waals surface area contributed by atoms with Crippen LogP contribution in [-0.2, 0) is 14.3 Å². The standard InChI is InChI=1S/C29H30F2N6O5S/c1-5-42-28(39)24-19(40-3)14-33-29(36-24)37-11-8-16(9-12-37)22-20(27(38)41-4)23(17-6-7-18(30)21(31)15(17)2)35-25(34-22)26-32-10-13-43-26/h6-7,10,13-14,16,23H,5,8-9,11-12H2,1-4H3,(H,34,35). The zero-order valence-electron chi connectivity index (χ0n) is 24.0. The highest BCUT2D eigenvalue weighted by molar-refractivity contribution is 7.11. The zero-order chi connectivity index (χ0) is 30.7. The number of benzene rings is 1. The van der Waals surface area contributed by atoms with Crippen LogP contribution in [0.25, 0.3) is 0 Å². The van der Waals surface area contributed by atoms with Crippen molar-refractivity contribution in [3.05, 3.63) is 74.6 Å². The topological polar surface area (TPSA) is 128 Å². The van der Waals surface area contributed by atoms with Gasteiger partial charge in [-0.2, -0.15) is 0 Å². The van der Waals surface area contributed by atoms with Gasteiger partial charge in [0.1, 0.15) is 6.04 Å². The van der Waals surface area contributed by atoms with E-state index in [0.29, 0.717) is 54.0 Å². The van der Waals surface area contributed by atoms with Gasteiger partial charge in [0.15, 0.2) is 33.9 Å². The Morgan fingerprint density at radius 2 is 1.91 bits per heavy atom. The van der Waals surface area contributed by atoms with Crippen molar-refractivity contribution in [2.75, 3.05) is 38.8 Å². The molecular weight excluding hydrogens is 582 g/mol. The molecule has 4 heterocycles. The van der Waals surface area contributed by atoms with Crippen LogP contribution in [0.2, 0.25) is 0 Å². The normalized spacial score (nSPS) is 17.3. The summed E-state index contributed by atoms with van der Waals surface area (Å²) in [5, 5.41) is 5.71. The predicted molar refractivity (Wildman–Crippen MR) is 154 cm³/mol. The predicted octanol–water partition coefficient (Wildman–Crippen LogP) is 4.14. The van der Waals surface area contributed by atoms with Gasteiger partial charge in [-0.05, 0) is 43.9 Å². The fourth-order valence-electron chi connectivity index (χ4n) is 5.24. The summed E-state index contributed by atoms with van der Waals surface area (Å²) in [4.78, 5) is 45.6. The molecule has 1 saturated heterocycles. The van der Waals surface area contributed by atoms with Crippen LogP contribution in [0.15, 0.2) is 46.2 Å². The summed E-state index contributed by atoms with van der Waals surface area (Å²) in [6.45, 7) is 4.35. The van der Waals surface area contributed by atoms with E-state index in [0.717, 1.165) is 6.07 Å². The van der Waals surface area contributed by atoms with Crippen LogP contribution in [0.4, 0.5) is 14.7 Å². The largest absolute Gasteiger partial charge is 0.493 e. The lowest BCUT2D eigenvalue weighted by Crippen LogP contribution is -2.42. The molecular formula is C29H30F2N6O5S. The molecule has 0 saturated carbocycles. The van der Waals surface area contributed by atoms with Gasteiger partial charge in [0.2, 0.25) is 5.95 Å². The Labute approximate surface area is 250 Å². The van der Waals surface area contributed by atoms with Crippen LogP contribution in [-0.4, -0.2) is 66.6 Å². The van der Waals surface area contributed by atoms with Gasteiger partial charge < -0.3 is 24.4 Å². The molecule has 0 spiro atoms. The van der Waals surface area contributed by atoms with E-state index in [1.54, 1.807) is 18.5 Å². The van der Waals surface area contributed by atoms with Gasteiger partial charge in [0.05, 0.1) is 32.6 Å². The first-order valence-electron chi connectivity index (χ1n) is 13.6. The highest BCUT2D eigenvalue weighted by atomic mass is 32.1. The average Bonchev–Trinajstić information content (AvgIpc) is 3.58. The summed E-state index contributed by atoms with van der Waals surface area (Å²) in [6, 6.07) is 1.52. The van der Waals surface area contributed by atoms with Crippen molar-refractivity contribution in [1.29, 1.82) is 0 Å². The number of carbonyl (C=O) groups is 2. The van der Waals surface area contributed by atoms with E-state index in [1.807, 2.05) is 4.90 Å². The van der Waals surface area contributed by atoms with E-state index in [4.69, 9.17) is 19.2 Å². The number of amidine groups is 1. The van der Waals surface area contributed by atoms with Gasteiger partial charge in [0.25, 0.3) is 0 Å². The van der Waals surface area contributed by atoms with Crippen molar-refractivity contribution < 1.29 is 32.6 Å². The highest BCUT2D eigenvalue weighted by Gasteiger charge is 2.38. The molecule has 2 aliphatic rings. The van der Waals surface area contributed by atoms with E-state index in [2.05, 4.69) is 20.3 Å². The summed E-state index contributed by atoms with van der Waals surface area (Å²) in [6.07, 6.45) is 4.22. The van der Waals surface area contributed by atoms with Gasteiger partial charge in [-0.25, -0.2) is 33.3 Å². The molecule has 2 aliphatic heterocycles. The molecule has 5 rings (SSSR count). The molecule has 14 heteroatoms. The number of rotatable bonds is 8. The molecule has 0 amide bonds. The van der Waals surface area contributed by atoms with Crippen molar-refractivity contribution >= 4 is 35.1 Å². The average molecular weight is 613 g/mol. The minimum Gasteiger partial charge on any atom is -0.493 e. The lowest BCUT2D eigenvalue weighted by Gasteiger charge is -2.36. The van der Waals surface area contributed by atoms with Crippen LogP contribution in [0.5, 0.6) is 5.75 Å². The van der Waals surface area contributed by atoms with Gasteiger partial charge in [-0.15, -0.1) is 11.3 Å². The minimum atomic E-state index is -0.997. The molecule has 0 aliphatic carbocycles. The lowest BCUT2D eigenvalue weighted by molar-refractivity contribution is -0.136. The second kappa shape index (κ2) is 12.8. The molecule has 1 N–H and O–H groups in total. The lowest BCUT2D eigenvalue weighted by atomic mass is 9.85. The number of anilines is 1. The number of hydrogen-bond donors (Lipinski definition) is 1. The molecule has 0 bridgehead atoms. The Balaban J connectivity index is 1.49. The number of aromatic nitrogens is 3. The smallest absolute Gasteiger partial charge is 0.361 e. The quantitative estimate of drug-likeness (QED) is 0.371. The number of piperidine rings is 1. The minimum absolute atomic E-state index is 0.0372. The fourth-order valence-corrected chi connectivity index (χ4v) is 5.82. The third kappa shape index (κ3) is 5.91. The van der Waals surface area contributed by atoms with Crippen LogP contribution >= 0.6 is 11.3 Å². The number of esters is 2. The number of halogens is 2. The molecule has 1 atom stereocenters. The molecule has 1 aromatic carbocycles. The summed E-state index contributed by atoms with van der Waals surface area (Å²) < 4.78 is 44.3. The van der Waals surface area contributed by atoms with E-state index in [1.165, 1.54) is 44.7 Å². The first-order valence-corrected chi connectivity index (χ1v) is 14.5. The maximum absolute atomic E-state index is 14.7. The monoisotopic (exact) mass is 612 g/mol. The third-order valence-electron chi connectivity index (χ3n) is 7.41. The fraction of sp³-hybridized carbons (Fsp3) is 0.379. The Bertz CT molecular complexity index is 1590. The number of carbonyl (C=O) groups excluding carboxylic acids is 2. The number of ether oxygens (including phenoxy) is 3. The number of nitrogens with zero attached hydrogens (tertiary/aromatic N) is 5. The Morgan fingerprint density at radius 3 is 2.56 bits per heavy atom. The number of allylic oxidation sites excluding steroid dienone is 1. The van der Waals surface area contributed by atoms with Crippen molar-refractivity contribution in [3.63, 3.8) is 0 Å². The van der Waals surface area contributed by atoms with Crippen molar-refractivity contribution in [2.45, 2.75) is 32.7 Å². The SMILES string of the molecule is CCOC(=O)c1nc(N2CCC(C3=C(C(=O)OC)C(c4ccc(F)c(F)c4C)N=C(c4nccs4)N3)CC2)ncc1OC. The maximum Gasteiger partial charge on any atom is 0.361 e. The second-order valence-electron chi connectivity index (χ2n) is 9.81. The molecule has 0 radical (unpaired) electrons. The van der Waals surface area contributed by atoms with Gasteiger partial charge in [-0.3, -0.25) is 4.99 Å². The van der Waals surface area contributed by atoms with Gasteiger partial charge >= 0.3 is 11.9 Å². The molecule has 2 aromatic heterocycles. The summed E-state index contributed by atoms with van der Waals surface area (Å²) >= 11 is 1.36. The number of methoxy groups -OCH3 is 2. The van der Waals surface area contributed by atoms with E-state index >= 15 is 0 Å². The Hall–Kier alpha value is -4.46. The second-order valence-corrected chi connectivity index (χ2v) is 10.7. The zero-order valence-corrected chi connectivity index (χ0v) is 24.8. The highest BCUT2D eigenvalue weighted by Crippen LogP contribution is 2.39. The molecule has 1 unspecified atom stereocenters. The molecule has 226 valence electrons. The van der Waals surface area contributed by atoms with Crippen molar-refractivity contribution in [2.24, 2.45) is 10.9 Å². The number of nitrogens with one attached hydrogen (secondary N) is 1. The van der Waals surface area contributed by atoms with E-state index in [9.17, 15) is 18.4 Å². The van der Waals surface area contributed by atoms with Gasteiger partial charge in [0, 0.05) is 36.3 Å². The summed E-state index contributed by atoms with van der Waals surface area (Å²) in [5.41, 5.74) is 1.25. The first-order chi connectivity index (χ1) is 20.8. The molecule has 3 aromatic rings. The van der Waals surface area contributed by atoms with E-state index in [-0.39, 0.29) is 35.1 Å². The maximum atomic E-state index is 14.7. The number of aliphatic imine (C=N–C) groups is 1. The Morgan fingerprint density at radius 1 is 1.14 bits per heavy atom. The molecule has 43 heavy (non-hydrogen) atoms. The van der Waals surface area contributed by atoms with Crippen LogP contribution in [0, 0.1) is 24.5 Å². The number of thiazole rings is 1. The Kier molecular flexibility index (Phi) is 8.94. The van der Waals surface area contributed by atoms with Crippen LogP contribution < -0.4 is 15.0 Å². The van der Waals surface area contributed by atoms with Crippen LogP contribution in [0.3, 0.4) is 0 Å².